The van der Waals surface area contributed by atoms with E-state index in [1.54, 1.807) is 12.1 Å². The number of H-pyrrole nitrogens is 1. The van der Waals surface area contributed by atoms with Crippen LogP contribution in [-0.4, -0.2) is 32.4 Å². The molecule has 1 amide bonds. The Labute approximate surface area is 161 Å². The minimum absolute atomic E-state index is 0.103. The lowest BCUT2D eigenvalue weighted by molar-refractivity contribution is 0.0951. The summed E-state index contributed by atoms with van der Waals surface area (Å²) in [6.45, 7) is 1.07. The van der Waals surface area contributed by atoms with Crippen LogP contribution >= 0.6 is 0 Å². The highest BCUT2D eigenvalue weighted by atomic mass is 16.2. The van der Waals surface area contributed by atoms with Crippen molar-refractivity contribution < 1.29 is 4.79 Å². The maximum absolute atomic E-state index is 12.3. The van der Waals surface area contributed by atoms with Crippen molar-refractivity contribution in [2.45, 2.75) is 13.0 Å². The lowest BCUT2D eigenvalue weighted by Gasteiger charge is -2.07. The van der Waals surface area contributed by atoms with Crippen molar-refractivity contribution in [3.05, 3.63) is 82.6 Å². The topological polar surface area (TPSA) is 92.7 Å². The number of aromatic nitrogens is 4. The van der Waals surface area contributed by atoms with Crippen LogP contribution < -0.4 is 10.9 Å². The molecular formula is C21H19N5O2. The Morgan fingerprint density at radius 3 is 2.61 bits per heavy atom. The molecule has 7 nitrogen and oxygen atoms in total. The summed E-state index contributed by atoms with van der Waals surface area (Å²) in [6, 6.07) is 20.5. The van der Waals surface area contributed by atoms with Gasteiger partial charge in [-0.05, 0) is 36.2 Å². The third-order valence-electron chi connectivity index (χ3n) is 4.49. The van der Waals surface area contributed by atoms with Crippen molar-refractivity contribution in [2.75, 3.05) is 6.54 Å². The molecule has 0 saturated heterocycles. The number of rotatable bonds is 6. The van der Waals surface area contributed by atoms with Gasteiger partial charge in [0.05, 0.1) is 5.52 Å². The first-order valence-corrected chi connectivity index (χ1v) is 9.07. The first-order chi connectivity index (χ1) is 13.7. The SMILES string of the molecule is O=C(NCCCn1nnc2ccccc21)c1ccc(-c2ccccc2)[nH]c1=O. The van der Waals surface area contributed by atoms with E-state index in [9.17, 15) is 9.59 Å². The molecule has 0 bridgehead atoms. The van der Waals surface area contributed by atoms with Gasteiger partial charge in [0.15, 0.2) is 0 Å². The second-order valence-electron chi connectivity index (χ2n) is 6.39. The standard InChI is InChI=1S/C21H19N5O2/c27-20(16-11-12-17(23-21(16)28)15-7-2-1-3-8-15)22-13-6-14-26-19-10-5-4-9-18(19)24-25-26/h1-5,7-12H,6,13-14H2,(H,22,27)(H,23,28). The van der Waals surface area contributed by atoms with E-state index in [1.165, 1.54) is 0 Å². The molecule has 2 aromatic carbocycles. The van der Waals surface area contributed by atoms with Crippen molar-refractivity contribution >= 4 is 16.9 Å². The van der Waals surface area contributed by atoms with Gasteiger partial charge >= 0.3 is 0 Å². The van der Waals surface area contributed by atoms with Crippen LogP contribution in [0.2, 0.25) is 0 Å². The second kappa shape index (κ2) is 7.87. The Bertz CT molecular complexity index is 1160. The molecule has 2 heterocycles. The maximum atomic E-state index is 12.3. The summed E-state index contributed by atoms with van der Waals surface area (Å²) in [4.78, 5) is 27.4. The Morgan fingerprint density at radius 2 is 1.79 bits per heavy atom. The molecule has 4 aromatic rings. The summed E-state index contributed by atoms with van der Waals surface area (Å²) in [5.74, 6) is -0.385. The highest BCUT2D eigenvalue weighted by Gasteiger charge is 2.11. The van der Waals surface area contributed by atoms with Crippen molar-refractivity contribution in [1.29, 1.82) is 0 Å². The fourth-order valence-electron chi connectivity index (χ4n) is 3.05. The van der Waals surface area contributed by atoms with Gasteiger partial charge in [-0.1, -0.05) is 47.7 Å². The molecule has 0 spiro atoms. The molecule has 2 N–H and O–H groups in total. The molecule has 0 fully saturated rings. The number of pyridine rings is 1. The van der Waals surface area contributed by atoms with Crippen LogP contribution in [-0.2, 0) is 6.54 Å². The highest BCUT2D eigenvalue weighted by Crippen LogP contribution is 2.14. The zero-order chi connectivity index (χ0) is 19.3. The number of hydrogen-bond donors (Lipinski definition) is 2. The van der Waals surface area contributed by atoms with Crippen molar-refractivity contribution in [1.82, 2.24) is 25.3 Å². The Balaban J connectivity index is 1.35. The van der Waals surface area contributed by atoms with E-state index in [0.717, 1.165) is 16.6 Å². The summed E-state index contributed by atoms with van der Waals surface area (Å²) < 4.78 is 1.81. The van der Waals surface area contributed by atoms with Gasteiger partial charge in [-0.3, -0.25) is 9.59 Å². The van der Waals surface area contributed by atoms with Gasteiger partial charge in [-0.25, -0.2) is 4.68 Å². The van der Waals surface area contributed by atoms with E-state index < -0.39 is 5.56 Å². The Hall–Kier alpha value is -3.74. The van der Waals surface area contributed by atoms with Crippen LogP contribution in [0, 0.1) is 0 Å². The van der Waals surface area contributed by atoms with E-state index in [1.807, 2.05) is 59.3 Å². The predicted octanol–water partition coefficient (Wildman–Crippen LogP) is 2.61. The Morgan fingerprint density at radius 1 is 1.00 bits per heavy atom. The van der Waals surface area contributed by atoms with Crippen molar-refractivity contribution in [2.24, 2.45) is 0 Å². The van der Waals surface area contributed by atoms with Crippen molar-refractivity contribution in [3.8, 4) is 11.3 Å². The largest absolute Gasteiger partial charge is 0.352 e. The van der Waals surface area contributed by atoms with E-state index in [-0.39, 0.29) is 11.5 Å². The van der Waals surface area contributed by atoms with E-state index in [2.05, 4.69) is 20.6 Å². The average molecular weight is 373 g/mol. The lowest BCUT2D eigenvalue weighted by Crippen LogP contribution is -2.30. The van der Waals surface area contributed by atoms with Crippen LogP contribution in [0.4, 0.5) is 0 Å². The molecule has 0 aliphatic rings. The first-order valence-electron chi connectivity index (χ1n) is 9.07. The zero-order valence-electron chi connectivity index (χ0n) is 15.1. The fraction of sp³-hybridized carbons (Fsp3) is 0.143. The summed E-state index contributed by atoms with van der Waals surface area (Å²) in [7, 11) is 0. The number of hydrogen-bond acceptors (Lipinski definition) is 4. The number of amides is 1. The van der Waals surface area contributed by atoms with Gasteiger partial charge in [-0.15, -0.1) is 5.10 Å². The molecule has 0 unspecified atom stereocenters. The second-order valence-corrected chi connectivity index (χ2v) is 6.39. The number of para-hydroxylation sites is 1. The van der Waals surface area contributed by atoms with Gasteiger partial charge in [0.2, 0.25) is 0 Å². The zero-order valence-corrected chi connectivity index (χ0v) is 15.1. The van der Waals surface area contributed by atoms with Gasteiger partial charge in [0, 0.05) is 18.8 Å². The third kappa shape index (κ3) is 3.68. The molecule has 7 heteroatoms. The Kier molecular flexibility index (Phi) is 4.97. The molecule has 2 aromatic heterocycles. The van der Waals surface area contributed by atoms with Gasteiger partial charge in [0.1, 0.15) is 11.1 Å². The molecule has 28 heavy (non-hydrogen) atoms. The number of aromatic amines is 1. The fourth-order valence-corrected chi connectivity index (χ4v) is 3.05. The van der Waals surface area contributed by atoms with E-state index in [0.29, 0.717) is 25.2 Å². The minimum Gasteiger partial charge on any atom is -0.352 e. The van der Waals surface area contributed by atoms with Gasteiger partial charge in [-0.2, -0.15) is 0 Å². The quantitative estimate of drug-likeness (QED) is 0.508. The monoisotopic (exact) mass is 373 g/mol. The number of carbonyl (C=O) groups is 1. The molecule has 4 rings (SSSR count). The summed E-state index contributed by atoms with van der Waals surface area (Å²) in [6.07, 6.45) is 0.680. The summed E-state index contributed by atoms with van der Waals surface area (Å²) in [5, 5.41) is 11.0. The van der Waals surface area contributed by atoms with E-state index in [4.69, 9.17) is 0 Å². The first kappa shape index (κ1) is 17.7. The highest BCUT2D eigenvalue weighted by molar-refractivity contribution is 5.94. The molecular weight excluding hydrogens is 354 g/mol. The molecule has 0 atom stereocenters. The molecule has 0 radical (unpaired) electrons. The van der Waals surface area contributed by atoms with Crippen LogP contribution in [0.15, 0.2) is 71.5 Å². The number of benzene rings is 2. The maximum Gasteiger partial charge on any atom is 0.261 e. The molecule has 0 aliphatic carbocycles. The lowest BCUT2D eigenvalue weighted by atomic mass is 10.1. The number of aryl methyl sites for hydroxylation is 1. The molecule has 0 saturated carbocycles. The van der Waals surface area contributed by atoms with E-state index >= 15 is 0 Å². The van der Waals surface area contributed by atoms with Crippen LogP contribution in [0.3, 0.4) is 0 Å². The van der Waals surface area contributed by atoms with Crippen LogP contribution in [0.1, 0.15) is 16.8 Å². The number of nitrogens with zero attached hydrogens (tertiary/aromatic N) is 3. The van der Waals surface area contributed by atoms with Gasteiger partial charge < -0.3 is 10.3 Å². The predicted molar refractivity (Wildman–Crippen MR) is 107 cm³/mol. The number of nitrogens with one attached hydrogen (secondary N) is 2. The smallest absolute Gasteiger partial charge is 0.261 e. The van der Waals surface area contributed by atoms with Gasteiger partial charge in [0.25, 0.3) is 11.5 Å². The third-order valence-corrected chi connectivity index (χ3v) is 4.49. The van der Waals surface area contributed by atoms with Crippen LogP contribution in [0.5, 0.6) is 0 Å². The van der Waals surface area contributed by atoms with Crippen molar-refractivity contribution in [3.63, 3.8) is 0 Å². The van der Waals surface area contributed by atoms with Crippen LogP contribution in [0.25, 0.3) is 22.3 Å². The summed E-state index contributed by atoms with van der Waals surface area (Å²) in [5.41, 5.74) is 3.08. The summed E-state index contributed by atoms with van der Waals surface area (Å²) >= 11 is 0. The number of carbonyl (C=O) groups excluding carboxylic acids is 1. The molecule has 0 aliphatic heterocycles. The minimum atomic E-state index is -0.402. The average Bonchev–Trinajstić information content (AvgIpc) is 3.15. The normalized spacial score (nSPS) is 10.9. The molecule has 140 valence electrons. The number of fused-ring (bicyclic) bond motifs is 1.